The van der Waals surface area contributed by atoms with Gasteiger partial charge >= 0.3 is 5.97 Å². The van der Waals surface area contributed by atoms with Crippen LogP contribution in [-0.4, -0.2) is 29.1 Å². The van der Waals surface area contributed by atoms with Crippen LogP contribution in [0.2, 0.25) is 0 Å². The molecule has 170 valence electrons. The number of hydrogen-bond acceptors (Lipinski definition) is 7. The molecule has 1 N–H and O–H groups in total. The molecule has 0 saturated carbocycles. The Morgan fingerprint density at radius 3 is 2.91 bits per heavy atom. The van der Waals surface area contributed by atoms with Gasteiger partial charge < -0.3 is 15.0 Å². The fourth-order valence-electron chi connectivity index (χ4n) is 4.80. The number of thiophene rings is 1. The number of hydrogen-bond donors (Lipinski definition) is 1. The number of aryl methyl sites for hydroxylation is 1. The first-order valence-corrected chi connectivity index (χ1v) is 12.8. The van der Waals surface area contributed by atoms with Gasteiger partial charge in [-0.1, -0.05) is 36.0 Å². The fourth-order valence-corrected chi connectivity index (χ4v) is 6.44. The molecule has 3 heterocycles. The van der Waals surface area contributed by atoms with E-state index < -0.39 is 5.97 Å². The molecule has 0 saturated heterocycles. The highest BCUT2D eigenvalue weighted by Gasteiger charge is 2.41. The van der Waals surface area contributed by atoms with Crippen LogP contribution in [0.5, 0.6) is 0 Å². The molecule has 0 fully saturated rings. The lowest BCUT2D eigenvalue weighted by molar-refractivity contribution is -0.136. The Morgan fingerprint density at radius 2 is 2.12 bits per heavy atom. The summed E-state index contributed by atoms with van der Waals surface area (Å²) in [4.78, 5) is 32.5. The van der Waals surface area contributed by atoms with Crippen molar-refractivity contribution in [2.24, 2.45) is 4.99 Å². The van der Waals surface area contributed by atoms with Crippen molar-refractivity contribution in [3.8, 4) is 0 Å². The van der Waals surface area contributed by atoms with Crippen LogP contribution >= 0.6 is 23.1 Å². The van der Waals surface area contributed by atoms with Crippen LogP contribution in [0.25, 0.3) is 0 Å². The third kappa shape index (κ3) is 4.13. The van der Waals surface area contributed by atoms with E-state index in [0.29, 0.717) is 11.3 Å². The minimum atomic E-state index is -0.397. The lowest BCUT2D eigenvalue weighted by Crippen LogP contribution is -2.38. The number of methoxy groups -OCH3 is 1. The number of amides is 1. The number of carbonyl (C=O) groups excluding carboxylic acids is 2. The Kier molecular flexibility index (Phi) is 6.12. The highest BCUT2D eigenvalue weighted by molar-refractivity contribution is 8.16. The number of amidine groups is 1. The van der Waals surface area contributed by atoms with Crippen molar-refractivity contribution in [1.29, 1.82) is 0 Å². The first-order chi connectivity index (χ1) is 16.1. The SMILES string of the molecule is COC(=O)C1=C(C)N=C2SC=C(CC(=O)N[C@@H]3CCCc4ccccc43)N2[C@H]1c1ccsc1. The Hall–Kier alpha value is -2.84. The minimum Gasteiger partial charge on any atom is -0.466 e. The fraction of sp³-hybridized carbons (Fsp3) is 0.320. The minimum absolute atomic E-state index is 0.0280. The van der Waals surface area contributed by atoms with Crippen LogP contribution in [0.1, 0.15) is 55.0 Å². The normalized spacial score (nSPS) is 21.7. The zero-order valence-corrected chi connectivity index (χ0v) is 20.2. The van der Waals surface area contributed by atoms with E-state index >= 15 is 0 Å². The van der Waals surface area contributed by atoms with Crippen molar-refractivity contribution in [2.75, 3.05) is 7.11 Å². The van der Waals surface area contributed by atoms with Gasteiger partial charge in [-0.15, -0.1) is 0 Å². The molecule has 3 aliphatic rings. The van der Waals surface area contributed by atoms with E-state index in [0.717, 1.165) is 35.7 Å². The molecule has 1 aromatic heterocycles. The monoisotopic (exact) mass is 479 g/mol. The number of ether oxygens (including phenoxy) is 1. The van der Waals surface area contributed by atoms with E-state index in [2.05, 4.69) is 28.5 Å². The second-order valence-electron chi connectivity index (χ2n) is 8.33. The van der Waals surface area contributed by atoms with Crippen LogP contribution in [0, 0.1) is 0 Å². The zero-order valence-electron chi connectivity index (χ0n) is 18.5. The molecule has 2 aliphatic heterocycles. The van der Waals surface area contributed by atoms with Crippen molar-refractivity contribution >= 4 is 40.1 Å². The Balaban J connectivity index is 1.39. The number of esters is 1. The van der Waals surface area contributed by atoms with E-state index in [4.69, 9.17) is 4.74 Å². The average molecular weight is 480 g/mol. The molecule has 2 atom stereocenters. The highest BCUT2D eigenvalue weighted by atomic mass is 32.2. The summed E-state index contributed by atoms with van der Waals surface area (Å²) in [6, 6.07) is 10.0. The van der Waals surface area contributed by atoms with Gasteiger partial charge in [0.05, 0.1) is 36.9 Å². The van der Waals surface area contributed by atoms with E-state index in [-0.39, 0.29) is 24.4 Å². The maximum Gasteiger partial charge on any atom is 0.338 e. The van der Waals surface area contributed by atoms with Crippen LogP contribution in [0.4, 0.5) is 0 Å². The molecular weight excluding hydrogens is 454 g/mol. The van der Waals surface area contributed by atoms with E-state index in [9.17, 15) is 9.59 Å². The molecule has 2 aromatic rings. The van der Waals surface area contributed by atoms with Gasteiger partial charge in [-0.05, 0) is 65.1 Å². The number of nitrogens with zero attached hydrogens (tertiary/aromatic N) is 2. The predicted molar refractivity (Wildman–Crippen MR) is 132 cm³/mol. The molecule has 1 aromatic carbocycles. The van der Waals surface area contributed by atoms with Crippen LogP contribution < -0.4 is 5.32 Å². The zero-order chi connectivity index (χ0) is 22.9. The Bertz CT molecular complexity index is 1180. The van der Waals surface area contributed by atoms with Gasteiger partial charge in [0.15, 0.2) is 5.17 Å². The van der Waals surface area contributed by atoms with Gasteiger partial charge in [0.2, 0.25) is 5.91 Å². The summed E-state index contributed by atoms with van der Waals surface area (Å²) >= 11 is 3.06. The molecule has 0 spiro atoms. The maximum absolute atomic E-state index is 13.2. The van der Waals surface area contributed by atoms with E-state index in [1.165, 1.54) is 30.0 Å². The first-order valence-electron chi connectivity index (χ1n) is 11.0. The maximum atomic E-state index is 13.2. The standard InChI is InChI=1S/C25H25N3O3S2/c1-15-22(24(30)31-2)23(17-10-11-32-13-17)28-18(14-33-25(28)26-15)12-21(29)27-20-9-5-7-16-6-3-4-8-19(16)20/h3-4,6,8,10-11,13-14,20,23H,5,7,9,12H2,1-2H3,(H,27,29)/t20-,23+/m1/s1. The van der Waals surface area contributed by atoms with Gasteiger partial charge in [0.1, 0.15) is 0 Å². The molecule has 5 rings (SSSR count). The van der Waals surface area contributed by atoms with Gasteiger partial charge in [-0.2, -0.15) is 11.3 Å². The first kappa shape index (κ1) is 22.0. The number of fused-ring (bicyclic) bond motifs is 2. The Labute approximate surface area is 201 Å². The van der Waals surface area contributed by atoms with Gasteiger partial charge in [-0.25, -0.2) is 9.79 Å². The molecule has 1 aliphatic carbocycles. The Morgan fingerprint density at radius 1 is 1.27 bits per heavy atom. The topological polar surface area (TPSA) is 71.0 Å². The number of allylic oxidation sites excluding steroid dienone is 1. The summed E-state index contributed by atoms with van der Waals surface area (Å²) < 4.78 is 5.09. The summed E-state index contributed by atoms with van der Waals surface area (Å²) in [5.41, 5.74) is 5.52. The van der Waals surface area contributed by atoms with Crippen molar-refractivity contribution < 1.29 is 14.3 Å². The lowest BCUT2D eigenvalue weighted by atomic mass is 9.87. The largest absolute Gasteiger partial charge is 0.466 e. The van der Waals surface area contributed by atoms with Gasteiger partial charge in [0.25, 0.3) is 0 Å². The van der Waals surface area contributed by atoms with Crippen molar-refractivity contribution in [1.82, 2.24) is 10.2 Å². The molecular formula is C25H25N3O3S2. The van der Waals surface area contributed by atoms with Crippen LogP contribution in [0.15, 0.2) is 68.5 Å². The quantitative estimate of drug-likeness (QED) is 0.606. The number of thioether (sulfide) groups is 1. The third-order valence-electron chi connectivity index (χ3n) is 6.31. The smallest absolute Gasteiger partial charge is 0.338 e. The second-order valence-corrected chi connectivity index (χ2v) is 9.95. The predicted octanol–water partition coefficient (Wildman–Crippen LogP) is 5.08. The average Bonchev–Trinajstić information content (AvgIpc) is 3.48. The van der Waals surface area contributed by atoms with Gasteiger partial charge in [0, 0.05) is 5.70 Å². The molecule has 33 heavy (non-hydrogen) atoms. The van der Waals surface area contributed by atoms with Crippen molar-refractivity contribution in [2.45, 2.75) is 44.7 Å². The molecule has 0 bridgehead atoms. The van der Waals surface area contributed by atoms with Crippen LogP contribution in [-0.2, 0) is 20.7 Å². The van der Waals surface area contributed by atoms with E-state index in [1.54, 1.807) is 11.3 Å². The summed E-state index contributed by atoms with van der Waals surface area (Å²) in [5, 5.41) is 10.0. The lowest BCUT2D eigenvalue weighted by Gasteiger charge is -2.35. The van der Waals surface area contributed by atoms with Gasteiger partial charge in [-0.3, -0.25) is 4.79 Å². The highest BCUT2D eigenvalue weighted by Crippen LogP contribution is 2.45. The summed E-state index contributed by atoms with van der Waals surface area (Å²) in [5.74, 6) is -0.425. The van der Waals surface area contributed by atoms with Crippen molar-refractivity contribution in [3.05, 3.63) is 80.2 Å². The summed E-state index contributed by atoms with van der Waals surface area (Å²) in [6.07, 6.45) is 3.29. The summed E-state index contributed by atoms with van der Waals surface area (Å²) in [7, 11) is 1.39. The molecule has 6 nitrogen and oxygen atoms in total. The number of benzene rings is 1. The molecule has 0 unspecified atom stereocenters. The second kappa shape index (κ2) is 9.19. The number of rotatable bonds is 5. The van der Waals surface area contributed by atoms with E-state index in [1.807, 2.05) is 40.1 Å². The number of aliphatic imine (C=N–C) groups is 1. The molecule has 0 radical (unpaired) electrons. The summed E-state index contributed by atoms with van der Waals surface area (Å²) in [6.45, 7) is 1.84. The molecule has 1 amide bonds. The molecule has 8 heteroatoms. The van der Waals surface area contributed by atoms with Crippen LogP contribution in [0.3, 0.4) is 0 Å². The number of nitrogens with one attached hydrogen (secondary N) is 1. The third-order valence-corrected chi connectivity index (χ3v) is 7.90. The van der Waals surface area contributed by atoms with Crippen molar-refractivity contribution in [3.63, 3.8) is 0 Å². The number of carbonyl (C=O) groups is 2.